The van der Waals surface area contributed by atoms with Gasteiger partial charge in [-0.1, -0.05) is 13.8 Å². The molecule has 0 aliphatic carbocycles. The Bertz CT molecular complexity index is 264. The minimum atomic E-state index is -3.45. The average Bonchev–Trinajstić information content (AvgIpc) is 2.13. The van der Waals surface area contributed by atoms with Crippen LogP contribution in [0.25, 0.3) is 0 Å². The minimum Gasteiger partial charge on any atom is -0.385 e. The lowest BCUT2D eigenvalue weighted by atomic mass is 9.99. The number of rotatable bonds is 9. The van der Waals surface area contributed by atoms with Crippen LogP contribution in [0.5, 0.6) is 0 Å². The van der Waals surface area contributed by atoms with E-state index in [4.69, 9.17) is 20.2 Å². The second kappa shape index (κ2) is 8.28. The summed E-state index contributed by atoms with van der Waals surface area (Å²) in [6, 6.07) is 0. The fourth-order valence-corrected chi connectivity index (χ4v) is 2.71. The molecule has 0 amide bonds. The maximum Gasteiger partial charge on any atom is 0.232 e. The lowest BCUT2D eigenvalue weighted by molar-refractivity contribution is 0.0725. The standard InChI is InChI=1S/C10H21ClO4S/c1-9(2)10(8-16(11,12)13)7-15-6-4-5-14-3/h9-10H,4-8H2,1-3H3. The molecule has 0 N–H and O–H groups in total. The van der Waals surface area contributed by atoms with Crippen LogP contribution in [0.3, 0.4) is 0 Å². The van der Waals surface area contributed by atoms with Crippen molar-refractivity contribution in [1.82, 2.24) is 0 Å². The van der Waals surface area contributed by atoms with Crippen LogP contribution in [0.1, 0.15) is 20.3 Å². The SMILES string of the molecule is COCCCOCC(CS(=O)(=O)Cl)C(C)C. The van der Waals surface area contributed by atoms with Gasteiger partial charge in [-0.25, -0.2) is 8.42 Å². The Morgan fingerprint density at radius 3 is 2.31 bits per heavy atom. The van der Waals surface area contributed by atoms with E-state index < -0.39 is 9.05 Å². The van der Waals surface area contributed by atoms with Gasteiger partial charge in [0.25, 0.3) is 0 Å². The lowest BCUT2D eigenvalue weighted by Gasteiger charge is -2.19. The summed E-state index contributed by atoms with van der Waals surface area (Å²) in [5.41, 5.74) is 0. The molecule has 1 unspecified atom stereocenters. The van der Waals surface area contributed by atoms with Crippen molar-refractivity contribution in [3.05, 3.63) is 0 Å². The molecule has 0 fully saturated rings. The van der Waals surface area contributed by atoms with Gasteiger partial charge in [-0.2, -0.15) is 0 Å². The normalized spacial score (nSPS) is 14.3. The largest absolute Gasteiger partial charge is 0.385 e. The molecule has 6 heteroatoms. The first-order valence-corrected chi connectivity index (χ1v) is 7.83. The van der Waals surface area contributed by atoms with E-state index >= 15 is 0 Å². The number of hydrogen-bond donors (Lipinski definition) is 0. The van der Waals surface area contributed by atoms with E-state index in [0.29, 0.717) is 19.8 Å². The molecule has 16 heavy (non-hydrogen) atoms. The molecule has 0 aromatic rings. The van der Waals surface area contributed by atoms with Crippen LogP contribution in [-0.2, 0) is 18.5 Å². The van der Waals surface area contributed by atoms with Crippen LogP contribution < -0.4 is 0 Å². The molecule has 0 saturated heterocycles. The van der Waals surface area contributed by atoms with Gasteiger partial charge in [0.1, 0.15) is 0 Å². The van der Waals surface area contributed by atoms with Crippen molar-refractivity contribution >= 4 is 19.7 Å². The van der Waals surface area contributed by atoms with Gasteiger partial charge in [0.2, 0.25) is 9.05 Å². The smallest absolute Gasteiger partial charge is 0.232 e. The van der Waals surface area contributed by atoms with Gasteiger partial charge in [-0.15, -0.1) is 0 Å². The zero-order chi connectivity index (χ0) is 12.6. The summed E-state index contributed by atoms with van der Waals surface area (Å²) in [5, 5.41) is 0. The fourth-order valence-electron chi connectivity index (χ4n) is 1.23. The zero-order valence-electron chi connectivity index (χ0n) is 10.1. The maximum absolute atomic E-state index is 11.0. The van der Waals surface area contributed by atoms with Crippen molar-refractivity contribution in [2.75, 3.05) is 32.7 Å². The molecule has 1 atom stereocenters. The Hall–Kier alpha value is 0.160. The molecule has 0 aliphatic heterocycles. The molecular formula is C10H21ClO4S. The monoisotopic (exact) mass is 272 g/mol. The van der Waals surface area contributed by atoms with Gasteiger partial charge >= 0.3 is 0 Å². The number of ether oxygens (including phenoxy) is 2. The van der Waals surface area contributed by atoms with Gasteiger partial charge in [-0.3, -0.25) is 0 Å². The Morgan fingerprint density at radius 2 is 1.88 bits per heavy atom. The first kappa shape index (κ1) is 16.2. The highest BCUT2D eigenvalue weighted by molar-refractivity contribution is 8.13. The van der Waals surface area contributed by atoms with Crippen LogP contribution in [0.2, 0.25) is 0 Å². The van der Waals surface area contributed by atoms with Gasteiger partial charge < -0.3 is 9.47 Å². The molecule has 0 radical (unpaired) electrons. The van der Waals surface area contributed by atoms with Crippen LogP contribution >= 0.6 is 10.7 Å². The summed E-state index contributed by atoms with van der Waals surface area (Å²) in [5.74, 6) is 0.150. The average molecular weight is 273 g/mol. The summed E-state index contributed by atoms with van der Waals surface area (Å²) in [7, 11) is 3.42. The first-order chi connectivity index (χ1) is 7.37. The Kier molecular flexibility index (Phi) is 8.36. The van der Waals surface area contributed by atoms with Crippen molar-refractivity contribution in [2.24, 2.45) is 11.8 Å². The van der Waals surface area contributed by atoms with Gasteiger partial charge in [0.15, 0.2) is 0 Å². The van der Waals surface area contributed by atoms with Gasteiger partial charge in [0.05, 0.1) is 12.4 Å². The highest BCUT2D eigenvalue weighted by Crippen LogP contribution is 2.16. The molecule has 0 aromatic heterocycles. The molecule has 0 aliphatic rings. The first-order valence-electron chi connectivity index (χ1n) is 5.36. The summed E-state index contributed by atoms with van der Waals surface area (Å²) in [6.45, 7) is 5.59. The molecule has 0 saturated carbocycles. The molecular weight excluding hydrogens is 252 g/mol. The van der Waals surface area contributed by atoms with Crippen molar-refractivity contribution < 1.29 is 17.9 Å². The molecule has 0 spiro atoms. The van der Waals surface area contributed by atoms with Gasteiger partial charge in [-0.05, 0) is 18.3 Å². The summed E-state index contributed by atoms with van der Waals surface area (Å²) < 4.78 is 32.2. The van der Waals surface area contributed by atoms with E-state index in [2.05, 4.69) is 0 Å². The van der Waals surface area contributed by atoms with E-state index in [0.717, 1.165) is 6.42 Å². The molecule has 0 rings (SSSR count). The number of methoxy groups -OCH3 is 1. The molecule has 0 heterocycles. The quantitative estimate of drug-likeness (QED) is 0.475. The van der Waals surface area contributed by atoms with E-state index in [1.165, 1.54) is 0 Å². The maximum atomic E-state index is 11.0. The Morgan fingerprint density at radius 1 is 1.25 bits per heavy atom. The minimum absolute atomic E-state index is 0.0312. The second-order valence-corrected chi connectivity index (χ2v) is 6.95. The van der Waals surface area contributed by atoms with E-state index in [9.17, 15) is 8.42 Å². The fraction of sp³-hybridized carbons (Fsp3) is 1.00. The van der Waals surface area contributed by atoms with E-state index in [1.807, 2.05) is 13.8 Å². The van der Waals surface area contributed by atoms with E-state index in [1.54, 1.807) is 7.11 Å². The van der Waals surface area contributed by atoms with Gasteiger partial charge in [0, 0.05) is 31.0 Å². The highest BCUT2D eigenvalue weighted by atomic mass is 35.7. The van der Waals surface area contributed by atoms with Crippen LogP contribution in [0.4, 0.5) is 0 Å². The zero-order valence-corrected chi connectivity index (χ0v) is 11.7. The summed E-state index contributed by atoms with van der Waals surface area (Å²) >= 11 is 0. The molecule has 0 aromatic carbocycles. The molecule has 0 bridgehead atoms. The summed E-state index contributed by atoms with van der Waals surface area (Å²) in [6.07, 6.45) is 0.814. The van der Waals surface area contributed by atoms with Crippen LogP contribution in [0, 0.1) is 11.8 Å². The Labute approximate surface area is 103 Å². The topological polar surface area (TPSA) is 52.6 Å². The van der Waals surface area contributed by atoms with Crippen molar-refractivity contribution in [1.29, 1.82) is 0 Å². The van der Waals surface area contributed by atoms with Crippen molar-refractivity contribution in [3.8, 4) is 0 Å². The second-order valence-electron chi connectivity index (χ2n) is 4.13. The molecule has 98 valence electrons. The predicted molar refractivity (Wildman–Crippen MR) is 65.3 cm³/mol. The third-order valence-electron chi connectivity index (χ3n) is 2.33. The predicted octanol–water partition coefficient (Wildman–Crippen LogP) is 1.88. The Balaban J connectivity index is 3.87. The van der Waals surface area contributed by atoms with E-state index in [-0.39, 0.29) is 17.6 Å². The summed E-state index contributed by atoms with van der Waals surface area (Å²) in [4.78, 5) is 0. The van der Waals surface area contributed by atoms with Crippen LogP contribution in [0.15, 0.2) is 0 Å². The van der Waals surface area contributed by atoms with Crippen LogP contribution in [-0.4, -0.2) is 41.1 Å². The third kappa shape index (κ3) is 9.39. The lowest BCUT2D eigenvalue weighted by Crippen LogP contribution is -2.23. The highest BCUT2D eigenvalue weighted by Gasteiger charge is 2.20. The number of halogens is 1. The van der Waals surface area contributed by atoms with Crippen molar-refractivity contribution in [3.63, 3.8) is 0 Å². The number of hydrogen-bond acceptors (Lipinski definition) is 4. The third-order valence-corrected chi connectivity index (χ3v) is 3.53. The molecule has 4 nitrogen and oxygen atoms in total. The van der Waals surface area contributed by atoms with Crippen molar-refractivity contribution in [2.45, 2.75) is 20.3 Å².